The Hall–Kier alpha value is -1.03. The van der Waals surface area contributed by atoms with E-state index < -0.39 is 5.97 Å². The first kappa shape index (κ1) is 13.0. The normalized spacial score (nSPS) is 12.2. The first-order valence-corrected chi connectivity index (χ1v) is 5.91. The molecule has 0 bridgehead atoms. The molecular weight excluding hydrogens is 270 g/mol. The maximum absolute atomic E-state index is 10.8. The van der Waals surface area contributed by atoms with Crippen LogP contribution in [0.4, 0.5) is 5.69 Å². The highest BCUT2D eigenvalue weighted by Crippen LogP contribution is 2.26. The van der Waals surface area contributed by atoms with Crippen LogP contribution in [0.1, 0.15) is 12.5 Å². The van der Waals surface area contributed by atoms with Crippen molar-refractivity contribution >= 4 is 27.6 Å². The zero-order chi connectivity index (χ0) is 12.3. The second kappa shape index (κ2) is 5.34. The number of nitrogens with zero attached hydrogens (tertiary/aromatic N) is 1. The molecule has 0 amide bonds. The van der Waals surface area contributed by atoms with E-state index in [0.29, 0.717) is 6.54 Å². The van der Waals surface area contributed by atoms with Crippen molar-refractivity contribution in [3.63, 3.8) is 0 Å². The van der Waals surface area contributed by atoms with E-state index in [-0.39, 0.29) is 5.92 Å². The van der Waals surface area contributed by atoms with Gasteiger partial charge in [-0.25, -0.2) is 0 Å². The van der Waals surface area contributed by atoms with E-state index >= 15 is 0 Å². The highest BCUT2D eigenvalue weighted by atomic mass is 79.9. The van der Waals surface area contributed by atoms with Gasteiger partial charge >= 0.3 is 5.97 Å². The van der Waals surface area contributed by atoms with Crippen molar-refractivity contribution in [2.45, 2.75) is 13.8 Å². The summed E-state index contributed by atoms with van der Waals surface area (Å²) in [6, 6.07) is 6.04. The lowest BCUT2D eigenvalue weighted by Gasteiger charge is -2.23. The quantitative estimate of drug-likeness (QED) is 0.925. The summed E-state index contributed by atoms with van der Waals surface area (Å²) in [6.07, 6.45) is 0. The van der Waals surface area contributed by atoms with Gasteiger partial charge in [0.15, 0.2) is 0 Å². The zero-order valence-electron chi connectivity index (χ0n) is 9.70. The third-order valence-corrected chi connectivity index (χ3v) is 3.12. The molecule has 0 spiro atoms. The second-order valence-electron chi connectivity index (χ2n) is 4.07. The molecule has 16 heavy (non-hydrogen) atoms. The van der Waals surface area contributed by atoms with Crippen molar-refractivity contribution in [2.24, 2.45) is 5.92 Å². The van der Waals surface area contributed by atoms with Crippen molar-refractivity contribution < 1.29 is 9.90 Å². The molecule has 0 heterocycles. The summed E-state index contributed by atoms with van der Waals surface area (Å²) in [5, 5.41) is 8.85. The Morgan fingerprint density at radius 1 is 1.56 bits per heavy atom. The van der Waals surface area contributed by atoms with Gasteiger partial charge in [0.1, 0.15) is 0 Å². The van der Waals surface area contributed by atoms with Crippen LogP contribution in [0.5, 0.6) is 0 Å². The van der Waals surface area contributed by atoms with Crippen molar-refractivity contribution in [3.05, 3.63) is 28.2 Å². The number of hydrogen-bond donors (Lipinski definition) is 1. The minimum atomic E-state index is -0.768. The van der Waals surface area contributed by atoms with Crippen molar-refractivity contribution in [3.8, 4) is 0 Å². The van der Waals surface area contributed by atoms with E-state index in [1.54, 1.807) is 6.92 Å². The van der Waals surface area contributed by atoms with E-state index in [1.165, 1.54) is 5.56 Å². The molecular formula is C12H16BrNO2. The van der Waals surface area contributed by atoms with Crippen LogP contribution in [0.25, 0.3) is 0 Å². The molecule has 3 nitrogen and oxygen atoms in total. The van der Waals surface area contributed by atoms with Crippen LogP contribution in [0.2, 0.25) is 0 Å². The Morgan fingerprint density at radius 2 is 2.19 bits per heavy atom. The van der Waals surface area contributed by atoms with Gasteiger partial charge in [-0.2, -0.15) is 0 Å². The number of benzene rings is 1. The fourth-order valence-corrected chi connectivity index (χ4v) is 2.30. The topological polar surface area (TPSA) is 40.5 Å². The summed E-state index contributed by atoms with van der Waals surface area (Å²) in [7, 11) is 1.90. The second-order valence-corrected chi connectivity index (χ2v) is 4.93. The summed E-state index contributed by atoms with van der Waals surface area (Å²) in [5.41, 5.74) is 2.19. The largest absolute Gasteiger partial charge is 0.481 e. The molecule has 1 rings (SSSR count). The number of anilines is 1. The molecule has 0 aliphatic carbocycles. The summed E-state index contributed by atoms with van der Waals surface area (Å²) < 4.78 is 0.993. The molecule has 88 valence electrons. The zero-order valence-corrected chi connectivity index (χ0v) is 11.3. The number of hydrogen-bond acceptors (Lipinski definition) is 2. The molecule has 4 heteroatoms. The first-order chi connectivity index (χ1) is 7.41. The standard InChI is InChI=1S/C12H16BrNO2/c1-8-4-5-11(10(13)6-8)14(3)7-9(2)12(15)16/h4-6,9H,7H2,1-3H3,(H,15,16). The number of carboxylic acid groups (broad SMARTS) is 1. The Labute approximate surface area is 104 Å². The number of rotatable bonds is 4. The molecule has 0 aliphatic heterocycles. The van der Waals surface area contributed by atoms with Crippen LogP contribution in [0.3, 0.4) is 0 Å². The highest BCUT2D eigenvalue weighted by molar-refractivity contribution is 9.10. The van der Waals surface area contributed by atoms with Crippen LogP contribution >= 0.6 is 15.9 Å². The Balaban J connectivity index is 2.80. The van der Waals surface area contributed by atoms with Crippen LogP contribution in [-0.2, 0) is 4.79 Å². The van der Waals surface area contributed by atoms with Gasteiger partial charge in [0, 0.05) is 18.1 Å². The molecule has 1 aromatic carbocycles. The average Bonchev–Trinajstić information content (AvgIpc) is 2.16. The van der Waals surface area contributed by atoms with E-state index in [0.717, 1.165) is 10.2 Å². The van der Waals surface area contributed by atoms with E-state index in [1.807, 2.05) is 37.1 Å². The molecule has 1 aromatic rings. The van der Waals surface area contributed by atoms with Crippen LogP contribution in [-0.4, -0.2) is 24.7 Å². The summed E-state index contributed by atoms with van der Waals surface area (Å²) >= 11 is 3.49. The van der Waals surface area contributed by atoms with E-state index in [9.17, 15) is 4.79 Å². The van der Waals surface area contributed by atoms with Gasteiger partial charge in [-0.1, -0.05) is 13.0 Å². The Bertz CT molecular complexity index is 393. The number of halogens is 1. The third-order valence-electron chi connectivity index (χ3n) is 2.48. The summed E-state index contributed by atoms with van der Waals surface area (Å²) in [6.45, 7) is 4.23. The van der Waals surface area contributed by atoms with Gasteiger partial charge in [-0.3, -0.25) is 4.79 Å². The molecule has 0 saturated carbocycles. The predicted molar refractivity (Wildman–Crippen MR) is 68.9 cm³/mol. The predicted octanol–water partition coefficient (Wildman–Crippen LogP) is 2.91. The maximum atomic E-state index is 10.8. The van der Waals surface area contributed by atoms with Crippen LogP contribution in [0, 0.1) is 12.8 Å². The maximum Gasteiger partial charge on any atom is 0.308 e. The number of carbonyl (C=O) groups is 1. The van der Waals surface area contributed by atoms with Gasteiger partial charge < -0.3 is 10.0 Å². The fraction of sp³-hybridized carbons (Fsp3) is 0.417. The van der Waals surface area contributed by atoms with Gasteiger partial charge in [0.2, 0.25) is 0 Å². The molecule has 1 N–H and O–H groups in total. The lowest BCUT2D eigenvalue weighted by atomic mass is 10.1. The molecule has 1 atom stereocenters. The van der Waals surface area contributed by atoms with E-state index in [4.69, 9.17) is 5.11 Å². The van der Waals surface area contributed by atoms with Crippen molar-refractivity contribution in [1.29, 1.82) is 0 Å². The molecule has 0 aliphatic rings. The SMILES string of the molecule is Cc1ccc(N(C)CC(C)C(=O)O)c(Br)c1. The lowest BCUT2D eigenvalue weighted by molar-refractivity contribution is -0.140. The summed E-state index contributed by atoms with van der Waals surface area (Å²) in [4.78, 5) is 12.7. The smallest absolute Gasteiger partial charge is 0.308 e. The molecule has 0 aromatic heterocycles. The molecule has 0 saturated heterocycles. The average molecular weight is 286 g/mol. The van der Waals surface area contributed by atoms with Crippen molar-refractivity contribution in [2.75, 3.05) is 18.5 Å². The van der Waals surface area contributed by atoms with E-state index in [2.05, 4.69) is 15.9 Å². The van der Waals surface area contributed by atoms with Gasteiger partial charge in [-0.15, -0.1) is 0 Å². The minimum Gasteiger partial charge on any atom is -0.481 e. The van der Waals surface area contributed by atoms with Gasteiger partial charge in [-0.05, 0) is 40.5 Å². The molecule has 0 radical (unpaired) electrons. The fourth-order valence-electron chi connectivity index (χ4n) is 1.51. The summed E-state index contributed by atoms with van der Waals surface area (Å²) in [5.74, 6) is -1.15. The third kappa shape index (κ3) is 3.23. The number of carboxylic acids is 1. The van der Waals surface area contributed by atoms with Gasteiger partial charge in [0.25, 0.3) is 0 Å². The Morgan fingerprint density at radius 3 is 2.69 bits per heavy atom. The number of aliphatic carboxylic acids is 1. The molecule has 0 fully saturated rings. The monoisotopic (exact) mass is 285 g/mol. The Kier molecular flexibility index (Phi) is 4.35. The highest BCUT2D eigenvalue weighted by Gasteiger charge is 2.15. The molecule has 1 unspecified atom stereocenters. The minimum absolute atomic E-state index is 0.377. The van der Waals surface area contributed by atoms with Crippen molar-refractivity contribution in [1.82, 2.24) is 0 Å². The van der Waals surface area contributed by atoms with Crippen LogP contribution in [0.15, 0.2) is 22.7 Å². The number of aryl methyl sites for hydroxylation is 1. The first-order valence-electron chi connectivity index (χ1n) is 5.12. The van der Waals surface area contributed by atoms with Gasteiger partial charge in [0.05, 0.1) is 11.6 Å². The van der Waals surface area contributed by atoms with Crippen LogP contribution < -0.4 is 4.90 Å². The lowest BCUT2D eigenvalue weighted by Crippen LogP contribution is -2.28.